The molecule has 1 aliphatic heterocycles. The van der Waals surface area contributed by atoms with Crippen molar-refractivity contribution in [2.45, 2.75) is 25.5 Å². The number of hydrogen-bond acceptors (Lipinski definition) is 5. The number of carbonyl (C=O) groups is 1. The molecule has 2 aromatic rings. The van der Waals surface area contributed by atoms with Crippen molar-refractivity contribution in [2.24, 2.45) is 0 Å². The maximum atomic E-state index is 12.4. The summed E-state index contributed by atoms with van der Waals surface area (Å²) in [6.07, 6.45) is 2.37. The van der Waals surface area contributed by atoms with Gasteiger partial charge in [-0.1, -0.05) is 12.1 Å². The molecule has 3 rings (SSSR count). The molecule has 0 radical (unpaired) electrons. The molecule has 0 aliphatic carbocycles. The first-order chi connectivity index (χ1) is 12.7. The molecule has 1 aromatic heterocycles. The fourth-order valence-corrected chi connectivity index (χ4v) is 3.36. The normalized spacial score (nSPS) is 15.8. The summed E-state index contributed by atoms with van der Waals surface area (Å²) in [5.41, 5.74) is 1.14. The SMILES string of the molecule is COCc1ccc(C(=O)NCC(c2cccc(OC)c2)N2CCCC2)o1. The van der Waals surface area contributed by atoms with Gasteiger partial charge in [0.2, 0.25) is 0 Å². The van der Waals surface area contributed by atoms with E-state index in [1.54, 1.807) is 26.4 Å². The van der Waals surface area contributed by atoms with Gasteiger partial charge in [-0.3, -0.25) is 9.69 Å². The van der Waals surface area contributed by atoms with Gasteiger partial charge in [0.1, 0.15) is 18.1 Å². The highest BCUT2D eigenvalue weighted by Crippen LogP contribution is 2.27. The lowest BCUT2D eigenvalue weighted by atomic mass is 10.0. The average Bonchev–Trinajstić information content (AvgIpc) is 3.34. The highest BCUT2D eigenvalue weighted by molar-refractivity contribution is 5.91. The second kappa shape index (κ2) is 8.87. The van der Waals surface area contributed by atoms with Gasteiger partial charge in [0.05, 0.1) is 13.2 Å². The van der Waals surface area contributed by atoms with Crippen LogP contribution in [0.5, 0.6) is 5.75 Å². The maximum absolute atomic E-state index is 12.4. The number of nitrogens with one attached hydrogen (secondary N) is 1. The lowest BCUT2D eigenvalue weighted by molar-refractivity contribution is 0.0901. The van der Waals surface area contributed by atoms with Crippen molar-refractivity contribution >= 4 is 5.91 Å². The lowest BCUT2D eigenvalue weighted by Crippen LogP contribution is -2.36. The van der Waals surface area contributed by atoms with Gasteiger partial charge in [0, 0.05) is 13.7 Å². The molecule has 2 heterocycles. The second-order valence-corrected chi connectivity index (χ2v) is 6.44. The van der Waals surface area contributed by atoms with Crippen LogP contribution in [0.25, 0.3) is 0 Å². The van der Waals surface area contributed by atoms with Crippen LogP contribution in [0.4, 0.5) is 0 Å². The number of methoxy groups -OCH3 is 2. The molecule has 1 aromatic carbocycles. The van der Waals surface area contributed by atoms with Crippen molar-refractivity contribution in [1.82, 2.24) is 10.2 Å². The number of furan rings is 1. The first-order valence-electron chi connectivity index (χ1n) is 8.95. The molecule has 6 nitrogen and oxygen atoms in total. The monoisotopic (exact) mass is 358 g/mol. The zero-order chi connectivity index (χ0) is 18.4. The van der Waals surface area contributed by atoms with Crippen LogP contribution in [-0.4, -0.2) is 44.7 Å². The number of amides is 1. The van der Waals surface area contributed by atoms with E-state index in [0.717, 1.165) is 24.4 Å². The third kappa shape index (κ3) is 4.45. The van der Waals surface area contributed by atoms with Crippen molar-refractivity contribution < 1.29 is 18.7 Å². The molecule has 1 aliphatic rings. The summed E-state index contributed by atoms with van der Waals surface area (Å²) in [6, 6.07) is 11.6. The van der Waals surface area contributed by atoms with Gasteiger partial charge in [-0.25, -0.2) is 0 Å². The van der Waals surface area contributed by atoms with Crippen LogP contribution in [-0.2, 0) is 11.3 Å². The molecule has 1 amide bonds. The van der Waals surface area contributed by atoms with Crippen molar-refractivity contribution in [3.05, 3.63) is 53.5 Å². The number of nitrogens with zero attached hydrogens (tertiary/aromatic N) is 1. The fraction of sp³-hybridized carbons (Fsp3) is 0.450. The summed E-state index contributed by atoms with van der Waals surface area (Å²) in [6.45, 7) is 2.95. The second-order valence-electron chi connectivity index (χ2n) is 6.44. The minimum absolute atomic E-state index is 0.116. The Kier molecular flexibility index (Phi) is 6.30. The van der Waals surface area contributed by atoms with Crippen LogP contribution >= 0.6 is 0 Å². The number of benzene rings is 1. The minimum Gasteiger partial charge on any atom is -0.497 e. The minimum atomic E-state index is -0.209. The summed E-state index contributed by atoms with van der Waals surface area (Å²) in [5.74, 6) is 1.57. The van der Waals surface area contributed by atoms with Crippen molar-refractivity contribution in [3.63, 3.8) is 0 Å². The summed E-state index contributed by atoms with van der Waals surface area (Å²) in [5, 5.41) is 3.01. The predicted octanol–water partition coefficient (Wildman–Crippen LogP) is 3.00. The van der Waals surface area contributed by atoms with Crippen molar-refractivity contribution in [3.8, 4) is 5.75 Å². The highest BCUT2D eigenvalue weighted by Gasteiger charge is 2.25. The van der Waals surface area contributed by atoms with E-state index in [1.165, 1.54) is 12.8 Å². The van der Waals surface area contributed by atoms with Gasteiger partial charge >= 0.3 is 0 Å². The summed E-state index contributed by atoms with van der Waals surface area (Å²) in [7, 11) is 3.26. The van der Waals surface area contributed by atoms with E-state index in [4.69, 9.17) is 13.9 Å². The quantitative estimate of drug-likeness (QED) is 0.786. The van der Waals surface area contributed by atoms with Crippen LogP contribution in [0.1, 0.15) is 40.8 Å². The molecule has 1 saturated heterocycles. The van der Waals surface area contributed by atoms with E-state index in [-0.39, 0.29) is 11.9 Å². The third-order valence-electron chi connectivity index (χ3n) is 4.69. The van der Waals surface area contributed by atoms with E-state index in [2.05, 4.69) is 16.3 Å². The topological polar surface area (TPSA) is 63.9 Å². The number of ether oxygens (including phenoxy) is 2. The van der Waals surface area contributed by atoms with Gasteiger partial charge in [0.25, 0.3) is 5.91 Å². The van der Waals surface area contributed by atoms with Crippen molar-refractivity contribution in [2.75, 3.05) is 33.9 Å². The summed E-state index contributed by atoms with van der Waals surface area (Å²) in [4.78, 5) is 14.9. The molecule has 1 unspecified atom stereocenters. The third-order valence-corrected chi connectivity index (χ3v) is 4.69. The Labute approximate surface area is 154 Å². The van der Waals surface area contributed by atoms with Crippen LogP contribution in [0.3, 0.4) is 0 Å². The predicted molar refractivity (Wildman–Crippen MR) is 98.3 cm³/mol. The van der Waals surface area contributed by atoms with Crippen LogP contribution < -0.4 is 10.1 Å². The van der Waals surface area contributed by atoms with E-state index in [0.29, 0.717) is 24.7 Å². The van der Waals surface area contributed by atoms with Gasteiger partial charge in [-0.05, 0) is 55.8 Å². The van der Waals surface area contributed by atoms with Crippen LogP contribution in [0.15, 0.2) is 40.8 Å². The fourth-order valence-electron chi connectivity index (χ4n) is 3.36. The van der Waals surface area contributed by atoms with Gasteiger partial charge < -0.3 is 19.2 Å². The highest BCUT2D eigenvalue weighted by atomic mass is 16.5. The Hall–Kier alpha value is -2.31. The Balaban J connectivity index is 1.69. The Morgan fingerprint density at radius 1 is 1.23 bits per heavy atom. The van der Waals surface area contributed by atoms with E-state index in [9.17, 15) is 4.79 Å². The summed E-state index contributed by atoms with van der Waals surface area (Å²) < 4.78 is 15.9. The number of likely N-dealkylation sites (tertiary alicyclic amines) is 1. The zero-order valence-electron chi connectivity index (χ0n) is 15.4. The van der Waals surface area contributed by atoms with Gasteiger partial charge in [-0.2, -0.15) is 0 Å². The van der Waals surface area contributed by atoms with Gasteiger partial charge in [-0.15, -0.1) is 0 Å². The van der Waals surface area contributed by atoms with Crippen molar-refractivity contribution in [1.29, 1.82) is 0 Å². The number of carbonyl (C=O) groups excluding carboxylic acids is 1. The molecule has 0 saturated carbocycles. The van der Waals surface area contributed by atoms with E-state index < -0.39 is 0 Å². The molecule has 1 N–H and O–H groups in total. The van der Waals surface area contributed by atoms with Crippen LogP contribution in [0.2, 0.25) is 0 Å². The largest absolute Gasteiger partial charge is 0.497 e. The summed E-state index contributed by atoms with van der Waals surface area (Å²) >= 11 is 0. The van der Waals surface area contributed by atoms with Crippen LogP contribution in [0, 0.1) is 0 Å². The molecule has 1 fully saturated rings. The van der Waals surface area contributed by atoms with Gasteiger partial charge in [0.15, 0.2) is 5.76 Å². The molecular formula is C20H26N2O4. The molecule has 140 valence electrons. The number of rotatable bonds is 8. The maximum Gasteiger partial charge on any atom is 0.287 e. The Morgan fingerprint density at radius 2 is 2.04 bits per heavy atom. The molecule has 6 heteroatoms. The first-order valence-corrected chi connectivity index (χ1v) is 8.95. The molecule has 0 spiro atoms. The smallest absolute Gasteiger partial charge is 0.287 e. The Morgan fingerprint density at radius 3 is 2.77 bits per heavy atom. The first kappa shape index (κ1) is 18.5. The molecule has 1 atom stereocenters. The number of hydrogen-bond donors (Lipinski definition) is 1. The molecular weight excluding hydrogens is 332 g/mol. The zero-order valence-corrected chi connectivity index (χ0v) is 15.4. The van der Waals surface area contributed by atoms with E-state index in [1.807, 2.05) is 18.2 Å². The standard InChI is InChI=1S/C20H26N2O4/c1-24-14-17-8-9-19(26-17)20(23)21-13-18(22-10-3-4-11-22)15-6-5-7-16(12-15)25-2/h5-9,12,18H,3-4,10-11,13-14H2,1-2H3,(H,21,23). The molecule has 26 heavy (non-hydrogen) atoms. The Bertz CT molecular complexity index is 722. The lowest BCUT2D eigenvalue weighted by Gasteiger charge is -2.28. The average molecular weight is 358 g/mol. The molecule has 0 bridgehead atoms. The van der Waals surface area contributed by atoms with E-state index >= 15 is 0 Å².